The Morgan fingerprint density at radius 1 is 1.18 bits per heavy atom. The van der Waals surface area contributed by atoms with Gasteiger partial charge in [-0.2, -0.15) is 0 Å². The largest absolute Gasteiger partial charge is 0.258 e. The van der Waals surface area contributed by atoms with Gasteiger partial charge in [-0.15, -0.1) is 0 Å². The maximum absolute atomic E-state index is 6.09. The molecule has 0 saturated heterocycles. The van der Waals surface area contributed by atoms with Gasteiger partial charge < -0.3 is 0 Å². The van der Waals surface area contributed by atoms with Crippen LogP contribution in [-0.2, 0) is 6.42 Å². The van der Waals surface area contributed by atoms with Gasteiger partial charge in [0.2, 0.25) is 0 Å². The van der Waals surface area contributed by atoms with Gasteiger partial charge in [0.05, 0.1) is 15.7 Å². The molecule has 0 spiro atoms. The molecule has 0 N–H and O–H groups in total. The predicted octanol–water partition coefficient (Wildman–Crippen LogP) is 5.07. The number of hydrogen-bond donors (Lipinski definition) is 0. The molecule has 17 heavy (non-hydrogen) atoms. The Bertz CT molecular complexity index is 502. The first kappa shape index (κ1) is 12.9. The molecule has 0 aliphatic carbocycles. The fourth-order valence-corrected chi connectivity index (χ4v) is 2.61. The second-order valence-electron chi connectivity index (χ2n) is 3.66. The molecule has 1 heterocycles. The van der Waals surface area contributed by atoms with Crippen molar-refractivity contribution in [3.05, 3.63) is 63.9 Å². The third-order valence-electron chi connectivity index (χ3n) is 2.42. The van der Waals surface area contributed by atoms with Gasteiger partial charge >= 0.3 is 0 Å². The van der Waals surface area contributed by atoms with Crippen molar-refractivity contribution in [2.24, 2.45) is 0 Å². The lowest BCUT2D eigenvalue weighted by Gasteiger charge is -2.10. The zero-order valence-electron chi connectivity index (χ0n) is 8.91. The highest BCUT2D eigenvalue weighted by Crippen LogP contribution is 2.29. The normalized spacial score (nSPS) is 12.4. The SMILES string of the molecule is Clc1cnc(CC(Br)c2ccccc2)c(Cl)c1. The lowest BCUT2D eigenvalue weighted by Crippen LogP contribution is -1.98. The number of aromatic nitrogens is 1. The molecule has 0 aliphatic heterocycles. The van der Waals surface area contributed by atoms with E-state index >= 15 is 0 Å². The second-order valence-corrected chi connectivity index (χ2v) is 5.61. The summed E-state index contributed by atoms with van der Waals surface area (Å²) in [6.45, 7) is 0. The molecule has 2 rings (SSSR count). The zero-order valence-corrected chi connectivity index (χ0v) is 12.0. The van der Waals surface area contributed by atoms with Crippen molar-refractivity contribution in [1.82, 2.24) is 4.98 Å². The maximum atomic E-state index is 6.09. The quantitative estimate of drug-likeness (QED) is 0.716. The van der Waals surface area contributed by atoms with Gasteiger partial charge in [0.25, 0.3) is 0 Å². The van der Waals surface area contributed by atoms with E-state index in [2.05, 4.69) is 33.0 Å². The number of halogens is 3. The van der Waals surface area contributed by atoms with E-state index < -0.39 is 0 Å². The Labute approximate surface area is 119 Å². The molecule has 0 amide bonds. The highest BCUT2D eigenvalue weighted by molar-refractivity contribution is 9.09. The fraction of sp³-hybridized carbons (Fsp3) is 0.154. The predicted molar refractivity (Wildman–Crippen MR) is 76.1 cm³/mol. The molecule has 2 aromatic rings. The molecule has 1 unspecified atom stereocenters. The van der Waals surface area contributed by atoms with Crippen LogP contribution >= 0.6 is 39.1 Å². The number of rotatable bonds is 3. The van der Waals surface area contributed by atoms with Crippen LogP contribution in [0, 0.1) is 0 Å². The monoisotopic (exact) mass is 329 g/mol. The molecule has 88 valence electrons. The van der Waals surface area contributed by atoms with E-state index in [-0.39, 0.29) is 4.83 Å². The first-order valence-corrected chi connectivity index (χ1v) is 6.83. The van der Waals surface area contributed by atoms with E-state index in [4.69, 9.17) is 23.2 Å². The summed E-state index contributed by atoms with van der Waals surface area (Å²) in [5.41, 5.74) is 2.06. The summed E-state index contributed by atoms with van der Waals surface area (Å²) in [6, 6.07) is 11.9. The minimum absolute atomic E-state index is 0.204. The van der Waals surface area contributed by atoms with Gasteiger partial charge in [-0.25, -0.2) is 0 Å². The zero-order chi connectivity index (χ0) is 12.3. The van der Waals surface area contributed by atoms with Crippen LogP contribution in [0.15, 0.2) is 42.6 Å². The summed E-state index contributed by atoms with van der Waals surface area (Å²) in [5, 5.41) is 1.17. The van der Waals surface area contributed by atoms with E-state index in [1.54, 1.807) is 12.3 Å². The number of alkyl halides is 1. The first-order chi connectivity index (χ1) is 8.16. The number of benzene rings is 1. The summed E-state index contributed by atoms with van der Waals surface area (Å²) in [4.78, 5) is 4.45. The van der Waals surface area contributed by atoms with Crippen LogP contribution < -0.4 is 0 Å². The molecule has 0 saturated carbocycles. The van der Waals surface area contributed by atoms with E-state index in [0.717, 1.165) is 12.1 Å². The lowest BCUT2D eigenvalue weighted by atomic mass is 10.1. The van der Waals surface area contributed by atoms with E-state index in [1.165, 1.54) is 5.56 Å². The van der Waals surface area contributed by atoms with E-state index in [1.807, 2.05) is 18.2 Å². The molecule has 0 bridgehead atoms. The lowest BCUT2D eigenvalue weighted by molar-refractivity contribution is 0.905. The van der Waals surface area contributed by atoms with E-state index in [0.29, 0.717) is 10.0 Å². The molecule has 1 atom stereocenters. The van der Waals surface area contributed by atoms with Crippen molar-refractivity contribution in [2.75, 3.05) is 0 Å². The van der Waals surface area contributed by atoms with Crippen LogP contribution in [0.2, 0.25) is 10.0 Å². The third kappa shape index (κ3) is 3.44. The average molecular weight is 331 g/mol. The Morgan fingerprint density at radius 2 is 1.88 bits per heavy atom. The van der Waals surface area contributed by atoms with Crippen molar-refractivity contribution >= 4 is 39.1 Å². The van der Waals surface area contributed by atoms with Crippen LogP contribution in [0.1, 0.15) is 16.1 Å². The van der Waals surface area contributed by atoms with Gasteiger partial charge in [0, 0.05) is 17.4 Å². The third-order valence-corrected chi connectivity index (χ3v) is 3.80. The van der Waals surface area contributed by atoms with Gasteiger partial charge in [0.15, 0.2) is 0 Å². The smallest absolute Gasteiger partial charge is 0.0636 e. The van der Waals surface area contributed by atoms with Crippen LogP contribution in [0.25, 0.3) is 0 Å². The van der Waals surface area contributed by atoms with Gasteiger partial charge in [-0.1, -0.05) is 69.5 Å². The van der Waals surface area contributed by atoms with Crippen LogP contribution in [0.5, 0.6) is 0 Å². The molecular weight excluding hydrogens is 321 g/mol. The molecule has 0 aliphatic rings. The molecule has 1 nitrogen and oxygen atoms in total. The molecule has 1 aromatic carbocycles. The standard InChI is InChI=1S/C13H10BrCl2N/c14-11(9-4-2-1-3-5-9)7-13-12(16)6-10(15)8-17-13/h1-6,8,11H,7H2. The summed E-state index contributed by atoms with van der Waals surface area (Å²) in [5.74, 6) is 0. The molecule has 1 aromatic heterocycles. The highest BCUT2D eigenvalue weighted by atomic mass is 79.9. The number of nitrogens with zero attached hydrogens (tertiary/aromatic N) is 1. The van der Waals surface area contributed by atoms with Gasteiger partial charge in [0.1, 0.15) is 0 Å². The Morgan fingerprint density at radius 3 is 2.53 bits per heavy atom. The summed E-state index contributed by atoms with van der Waals surface area (Å²) in [7, 11) is 0. The Kier molecular flexibility index (Phi) is 4.43. The highest BCUT2D eigenvalue weighted by Gasteiger charge is 2.11. The van der Waals surface area contributed by atoms with Crippen molar-refractivity contribution in [2.45, 2.75) is 11.2 Å². The first-order valence-electron chi connectivity index (χ1n) is 5.16. The Hall–Kier alpha value is -0.570. The number of hydrogen-bond acceptors (Lipinski definition) is 1. The summed E-state index contributed by atoms with van der Waals surface area (Å²) < 4.78 is 0. The second kappa shape index (κ2) is 5.85. The Balaban J connectivity index is 2.16. The maximum Gasteiger partial charge on any atom is 0.0636 e. The molecule has 0 radical (unpaired) electrons. The summed E-state index contributed by atoms with van der Waals surface area (Å²) >= 11 is 15.5. The van der Waals surface area contributed by atoms with Crippen molar-refractivity contribution < 1.29 is 0 Å². The van der Waals surface area contributed by atoms with Crippen LogP contribution in [0.3, 0.4) is 0 Å². The number of pyridine rings is 1. The molecule has 0 fully saturated rings. The van der Waals surface area contributed by atoms with Crippen LogP contribution in [0.4, 0.5) is 0 Å². The molecule has 4 heteroatoms. The average Bonchev–Trinajstić information content (AvgIpc) is 2.34. The van der Waals surface area contributed by atoms with Gasteiger partial charge in [-0.3, -0.25) is 4.98 Å². The minimum Gasteiger partial charge on any atom is -0.258 e. The van der Waals surface area contributed by atoms with Crippen molar-refractivity contribution in [3.8, 4) is 0 Å². The fourth-order valence-electron chi connectivity index (χ4n) is 1.54. The summed E-state index contributed by atoms with van der Waals surface area (Å²) in [6.07, 6.45) is 2.35. The minimum atomic E-state index is 0.204. The van der Waals surface area contributed by atoms with Crippen molar-refractivity contribution in [3.63, 3.8) is 0 Å². The van der Waals surface area contributed by atoms with E-state index in [9.17, 15) is 0 Å². The van der Waals surface area contributed by atoms with Crippen LogP contribution in [-0.4, -0.2) is 4.98 Å². The molecular formula is C13H10BrCl2N. The van der Waals surface area contributed by atoms with Crippen molar-refractivity contribution in [1.29, 1.82) is 0 Å². The van der Waals surface area contributed by atoms with Gasteiger partial charge in [-0.05, 0) is 11.6 Å². The topological polar surface area (TPSA) is 12.9 Å².